The summed E-state index contributed by atoms with van der Waals surface area (Å²) in [5, 5.41) is 2.79. The maximum absolute atomic E-state index is 15.0. The molecule has 1 aliphatic rings. The van der Waals surface area contributed by atoms with Crippen molar-refractivity contribution in [2.45, 2.75) is 45.2 Å². The molecule has 0 radical (unpaired) electrons. The van der Waals surface area contributed by atoms with Crippen LogP contribution < -0.4 is 20.7 Å². The second-order valence-corrected chi connectivity index (χ2v) is 9.00. The summed E-state index contributed by atoms with van der Waals surface area (Å²) in [6.45, 7) is 4.43. The number of nitrogens with two attached hydrogens (primary N) is 1. The summed E-state index contributed by atoms with van der Waals surface area (Å²) in [7, 11) is 0. The Balaban J connectivity index is 1.42. The van der Waals surface area contributed by atoms with Gasteiger partial charge < -0.3 is 20.7 Å². The molecule has 2 amide bonds. The second kappa shape index (κ2) is 9.65. The molecular weight excluding hydrogens is 433 g/mol. The van der Waals surface area contributed by atoms with Crippen molar-refractivity contribution in [3.05, 3.63) is 83.7 Å². The number of hydrogen-bond acceptors (Lipinski definition) is 4. The maximum Gasteiger partial charge on any atom is 0.228 e. The van der Waals surface area contributed by atoms with Gasteiger partial charge in [-0.2, -0.15) is 0 Å². The first kappa shape index (κ1) is 23.4. The zero-order chi connectivity index (χ0) is 24.3. The Morgan fingerprint density at radius 3 is 2.53 bits per heavy atom. The third-order valence-electron chi connectivity index (χ3n) is 5.97. The predicted octanol–water partition coefficient (Wildman–Crippen LogP) is 5.16. The average Bonchev–Trinajstić information content (AvgIpc) is 3.09. The van der Waals surface area contributed by atoms with Crippen LogP contribution in [0.3, 0.4) is 0 Å². The van der Waals surface area contributed by atoms with E-state index >= 15 is 4.39 Å². The number of carbonyl (C=O) groups is 2. The molecular formula is C27H28FN3O3. The summed E-state index contributed by atoms with van der Waals surface area (Å²) < 4.78 is 20.7. The van der Waals surface area contributed by atoms with E-state index in [1.807, 2.05) is 32.0 Å². The van der Waals surface area contributed by atoms with Crippen LogP contribution in [0, 0.1) is 5.82 Å². The van der Waals surface area contributed by atoms with Crippen LogP contribution in [-0.2, 0) is 22.6 Å². The summed E-state index contributed by atoms with van der Waals surface area (Å²) in [6, 6.07) is 19.0. The number of ether oxygens (including phenoxy) is 1. The molecule has 3 N–H and O–H groups in total. The fraction of sp³-hybridized carbons (Fsp3) is 0.259. The standard InChI is InChI=1S/C27H28FN3O3/c1-27(2)14-13-25(33)31(27)21-11-9-20(10-12-21)30-24(32)16-19-6-4-8-23(26(19)28)34-22-7-3-5-18(15-22)17-29/h3-12,15H,13-14,16-17,29H2,1-2H3,(H,30,32). The van der Waals surface area contributed by atoms with E-state index in [2.05, 4.69) is 5.32 Å². The fourth-order valence-electron chi connectivity index (χ4n) is 4.17. The van der Waals surface area contributed by atoms with Crippen molar-refractivity contribution in [3.8, 4) is 11.5 Å². The maximum atomic E-state index is 15.0. The van der Waals surface area contributed by atoms with Crippen molar-refractivity contribution in [3.63, 3.8) is 0 Å². The molecule has 0 saturated carbocycles. The first-order valence-corrected chi connectivity index (χ1v) is 11.2. The van der Waals surface area contributed by atoms with Crippen molar-refractivity contribution in [1.82, 2.24) is 0 Å². The van der Waals surface area contributed by atoms with E-state index in [4.69, 9.17) is 10.5 Å². The molecule has 0 unspecified atom stereocenters. The van der Waals surface area contributed by atoms with Crippen molar-refractivity contribution in [1.29, 1.82) is 0 Å². The van der Waals surface area contributed by atoms with E-state index < -0.39 is 5.82 Å². The highest BCUT2D eigenvalue weighted by molar-refractivity contribution is 5.98. The van der Waals surface area contributed by atoms with Crippen molar-refractivity contribution < 1.29 is 18.7 Å². The first-order chi connectivity index (χ1) is 16.3. The van der Waals surface area contributed by atoms with Gasteiger partial charge >= 0.3 is 0 Å². The van der Waals surface area contributed by atoms with Gasteiger partial charge in [0.2, 0.25) is 11.8 Å². The SMILES string of the molecule is CC1(C)CCC(=O)N1c1ccc(NC(=O)Cc2cccc(Oc3cccc(CN)c3)c2F)cc1. The third kappa shape index (κ3) is 5.10. The van der Waals surface area contributed by atoms with Gasteiger partial charge in [0.25, 0.3) is 0 Å². The van der Waals surface area contributed by atoms with Gasteiger partial charge in [-0.05, 0) is 68.3 Å². The van der Waals surface area contributed by atoms with Gasteiger partial charge in [-0.25, -0.2) is 4.39 Å². The molecule has 4 rings (SSSR count). The number of benzene rings is 3. The van der Waals surface area contributed by atoms with Crippen LogP contribution in [0.15, 0.2) is 66.7 Å². The van der Waals surface area contributed by atoms with Crippen molar-refractivity contribution in [2.24, 2.45) is 5.73 Å². The number of nitrogens with one attached hydrogen (secondary N) is 1. The Bertz CT molecular complexity index is 1210. The molecule has 1 heterocycles. The van der Waals surface area contributed by atoms with Crippen LogP contribution in [0.1, 0.15) is 37.8 Å². The van der Waals surface area contributed by atoms with E-state index in [9.17, 15) is 9.59 Å². The molecule has 0 spiro atoms. The Hall–Kier alpha value is -3.71. The summed E-state index contributed by atoms with van der Waals surface area (Å²) in [6.07, 6.45) is 1.18. The number of amides is 2. The van der Waals surface area contributed by atoms with Crippen LogP contribution in [0.2, 0.25) is 0 Å². The molecule has 1 aliphatic heterocycles. The molecule has 3 aromatic carbocycles. The van der Waals surface area contributed by atoms with Gasteiger partial charge in [0.05, 0.1) is 6.42 Å². The molecule has 0 aliphatic carbocycles. The number of carbonyl (C=O) groups excluding carboxylic acids is 2. The molecule has 0 atom stereocenters. The number of anilines is 2. The average molecular weight is 462 g/mol. The van der Waals surface area contributed by atoms with Crippen molar-refractivity contribution in [2.75, 3.05) is 10.2 Å². The number of halogens is 1. The zero-order valence-corrected chi connectivity index (χ0v) is 19.3. The number of nitrogens with zero attached hydrogens (tertiary/aromatic N) is 1. The Morgan fingerprint density at radius 1 is 1.12 bits per heavy atom. The highest BCUT2D eigenvalue weighted by atomic mass is 19.1. The Morgan fingerprint density at radius 2 is 1.85 bits per heavy atom. The largest absolute Gasteiger partial charge is 0.454 e. The number of hydrogen-bond donors (Lipinski definition) is 2. The molecule has 34 heavy (non-hydrogen) atoms. The topological polar surface area (TPSA) is 84.7 Å². The van der Waals surface area contributed by atoms with Gasteiger partial charge in [-0.15, -0.1) is 0 Å². The molecule has 7 heteroatoms. The quantitative estimate of drug-likeness (QED) is 0.509. The van der Waals surface area contributed by atoms with Crippen LogP contribution in [0.25, 0.3) is 0 Å². The third-order valence-corrected chi connectivity index (χ3v) is 5.97. The van der Waals surface area contributed by atoms with Gasteiger partial charge in [0.1, 0.15) is 5.75 Å². The van der Waals surface area contributed by atoms with E-state index in [0.717, 1.165) is 17.7 Å². The van der Waals surface area contributed by atoms with E-state index in [-0.39, 0.29) is 35.1 Å². The second-order valence-electron chi connectivity index (χ2n) is 9.00. The van der Waals surface area contributed by atoms with Gasteiger partial charge in [-0.3, -0.25) is 9.59 Å². The highest BCUT2D eigenvalue weighted by Crippen LogP contribution is 2.35. The lowest BCUT2D eigenvalue weighted by Gasteiger charge is -2.31. The fourth-order valence-corrected chi connectivity index (χ4v) is 4.17. The zero-order valence-electron chi connectivity index (χ0n) is 19.3. The van der Waals surface area contributed by atoms with Gasteiger partial charge in [-0.1, -0.05) is 24.3 Å². The summed E-state index contributed by atoms with van der Waals surface area (Å²) in [5.41, 5.74) is 7.88. The first-order valence-electron chi connectivity index (χ1n) is 11.2. The number of rotatable bonds is 7. The summed E-state index contributed by atoms with van der Waals surface area (Å²) >= 11 is 0. The summed E-state index contributed by atoms with van der Waals surface area (Å²) in [5.74, 6) is -0.327. The minimum absolute atomic E-state index is 0.0433. The normalized spacial score (nSPS) is 14.8. The van der Waals surface area contributed by atoms with Crippen LogP contribution in [0.4, 0.5) is 15.8 Å². The molecule has 3 aromatic rings. The molecule has 0 bridgehead atoms. The monoisotopic (exact) mass is 461 g/mol. The van der Waals surface area contributed by atoms with E-state index in [0.29, 0.717) is 24.4 Å². The lowest BCUT2D eigenvalue weighted by molar-refractivity contribution is -0.117. The van der Waals surface area contributed by atoms with Crippen molar-refractivity contribution >= 4 is 23.2 Å². The lowest BCUT2D eigenvalue weighted by Crippen LogP contribution is -2.40. The molecule has 1 fully saturated rings. The highest BCUT2D eigenvalue weighted by Gasteiger charge is 2.38. The van der Waals surface area contributed by atoms with Crippen LogP contribution in [-0.4, -0.2) is 17.4 Å². The van der Waals surface area contributed by atoms with E-state index in [1.54, 1.807) is 47.4 Å². The minimum atomic E-state index is -0.582. The van der Waals surface area contributed by atoms with Crippen LogP contribution >= 0.6 is 0 Å². The van der Waals surface area contributed by atoms with Crippen LogP contribution in [0.5, 0.6) is 11.5 Å². The van der Waals surface area contributed by atoms with Gasteiger partial charge in [0.15, 0.2) is 11.6 Å². The minimum Gasteiger partial charge on any atom is -0.454 e. The Labute approximate surface area is 198 Å². The van der Waals surface area contributed by atoms with Gasteiger partial charge in [0, 0.05) is 35.4 Å². The lowest BCUT2D eigenvalue weighted by atomic mass is 10.0. The molecule has 0 aromatic heterocycles. The molecule has 6 nitrogen and oxygen atoms in total. The predicted molar refractivity (Wildman–Crippen MR) is 130 cm³/mol. The molecule has 1 saturated heterocycles. The van der Waals surface area contributed by atoms with E-state index in [1.165, 1.54) is 6.07 Å². The summed E-state index contributed by atoms with van der Waals surface area (Å²) in [4.78, 5) is 26.6. The molecule has 176 valence electrons. The smallest absolute Gasteiger partial charge is 0.228 e. The Kier molecular flexibility index (Phi) is 6.65.